The molecule has 0 aliphatic heterocycles. The Hall–Kier alpha value is -0.570. The van der Waals surface area contributed by atoms with Crippen LogP contribution in [0.5, 0.6) is 0 Å². The van der Waals surface area contributed by atoms with Crippen LogP contribution in [-0.4, -0.2) is 23.7 Å². The molecule has 3 nitrogen and oxygen atoms in total. The smallest absolute Gasteiger partial charge is 0.310 e. The van der Waals surface area contributed by atoms with Crippen molar-refractivity contribution in [1.29, 1.82) is 0 Å². The van der Waals surface area contributed by atoms with Crippen LogP contribution in [0.1, 0.15) is 33.6 Å². The highest BCUT2D eigenvalue weighted by molar-refractivity contribution is 5.73. The van der Waals surface area contributed by atoms with E-state index in [-0.39, 0.29) is 0 Å². The van der Waals surface area contributed by atoms with Crippen molar-refractivity contribution in [3.05, 3.63) is 0 Å². The Morgan fingerprint density at radius 1 is 1.62 bits per heavy atom. The molecule has 1 aliphatic rings. The lowest BCUT2D eigenvalue weighted by atomic mass is 9.94. The number of nitrogens with one attached hydrogen (secondary N) is 1. The van der Waals surface area contributed by atoms with Gasteiger partial charge in [0.2, 0.25) is 0 Å². The van der Waals surface area contributed by atoms with Crippen LogP contribution in [0.2, 0.25) is 0 Å². The zero-order chi connectivity index (χ0) is 10.1. The van der Waals surface area contributed by atoms with Gasteiger partial charge in [-0.1, -0.05) is 13.3 Å². The molecule has 76 valence electrons. The first-order valence-corrected chi connectivity index (χ1v) is 4.94. The van der Waals surface area contributed by atoms with Crippen LogP contribution >= 0.6 is 0 Å². The zero-order valence-corrected chi connectivity index (χ0v) is 8.63. The molecule has 0 bridgehead atoms. The van der Waals surface area contributed by atoms with E-state index >= 15 is 0 Å². The number of rotatable bonds is 5. The van der Waals surface area contributed by atoms with Crippen molar-refractivity contribution in [3.8, 4) is 0 Å². The van der Waals surface area contributed by atoms with Gasteiger partial charge in [0.15, 0.2) is 0 Å². The average molecular weight is 185 g/mol. The number of hydrogen-bond donors (Lipinski definition) is 2. The molecule has 0 aromatic rings. The van der Waals surface area contributed by atoms with Crippen LogP contribution in [0, 0.1) is 11.3 Å². The standard InChI is InChI=1S/C10H19NO2/c1-4-7-5-8(7)11-6-10(2,3)9(12)13/h7-8,11H,4-6H2,1-3H3,(H,12,13). The Morgan fingerprint density at radius 2 is 2.23 bits per heavy atom. The van der Waals surface area contributed by atoms with Gasteiger partial charge in [0.25, 0.3) is 0 Å². The molecular weight excluding hydrogens is 166 g/mol. The van der Waals surface area contributed by atoms with Gasteiger partial charge in [0, 0.05) is 12.6 Å². The van der Waals surface area contributed by atoms with Crippen LogP contribution in [0.25, 0.3) is 0 Å². The maximum absolute atomic E-state index is 10.8. The largest absolute Gasteiger partial charge is 0.481 e. The molecule has 2 unspecified atom stereocenters. The molecule has 0 amide bonds. The van der Waals surface area contributed by atoms with E-state index in [0.717, 1.165) is 5.92 Å². The Labute approximate surface area is 79.5 Å². The summed E-state index contributed by atoms with van der Waals surface area (Å²) < 4.78 is 0. The van der Waals surface area contributed by atoms with Crippen LogP contribution in [0.3, 0.4) is 0 Å². The zero-order valence-electron chi connectivity index (χ0n) is 8.63. The number of aliphatic carboxylic acids is 1. The third-order valence-electron chi connectivity index (χ3n) is 2.83. The summed E-state index contributed by atoms with van der Waals surface area (Å²) in [5, 5.41) is 12.2. The highest BCUT2D eigenvalue weighted by Crippen LogP contribution is 2.33. The van der Waals surface area contributed by atoms with Crippen molar-refractivity contribution in [2.45, 2.75) is 39.7 Å². The van der Waals surface area contributed by atoms with Crippen molar-refractivity contribution in [2.24, 2.45) is 11.3 Å². The molecule has 0 aromatic heterocycles. The Bertz CT molecular complexity index is 201. The molecule has 2 N–H and O–H groups in total. The van der Waals surface area contributed by atoms with Crippen LogP contribution in [-0.2, 0) is 4.79 Å². The Kier molecular flexibility index (Phi) is 2.96. The summed E-state index contributed by atoms with van der Waals surface area (Å²) >= 11 is 0. The summed E-state index contributed by atoms with van der Waals surface area (Å²) in [6, 6.07) is 0.573. The van der Waals surface area contributed by atoms with E-state index in [4.69, 9.17) is 5.11 Å². The normalized spacial score (nSPS) is 27.3. The number of carbonyl (C=O) groups is 1. The van der Waals surface area contributed by atoms with Gasteiger partial charge in [0.05, 0.1) is 5.41 Å². The van der Waals surface area contributed by atoms with Crippen LogP contribution in [0.15, 0.2) is 0 Å². The Balaban J connectivity index is 2.23. The van der Waals surface area contributed by atoms with E-state index in [1.807, 2.05) is 0 Å². The molecule has 1 fully saturated rings. The first kappa shape index (κ1) is 10.5. The number of carboxylic acid groups (broad SMARTS) is 1. The lowest BCUT2D eigenvalue weighted by Crippen LogP contribution is -2.37. The lowest BCUT2D eigenvalue weighted by Gasteiger charge is -2.19. The molecule has 2 atom stereocenters. The van der Waals surface area contributed by atoms with Crippen molar-refractivity contribution in [1.82, 2.24) is 5.32 Å². The summed E-state index contributed by atoms with van der Waals surface area (Å²) in [4.78, 5) is 10.8. The van der Waals surface area contributed by atoms with Crippen LogP contribution < -0.4 is 5.32 Å². The van der Waals surface area contributed by atoms with E-state index in [9.17, 15) is 4.79 Å². The second-order valence-corrected chi connectivity index (χ2v) is 4.58. The van der Waals surface area contributed by atoms with Crippen molar-refractivity contribution in [2.75, 3.05) is 6.54 Å². The van der Waals surface area contributed by atoms with Crippen molar-refractivity contribution >= 4 is 5.97 Å². The summed E-state index contributed by atoms with van der Waals surface area (Å²) in [5.41, 5.74) is -0.638. The molecule has 0 saturated heterocycles. The summed E-state index contributed by atoms with van der Waals surface area (Å²) in [6.07, 6.45) is 2.41. The monoisotopic (exact) mass is 185 g/mol. The second-order valence-electron chi connectivity index (χ2n) is 4.58. The summed E-state index contributed by atoms with van der Waals surface area (Å²) in [7, 11) is 0. The van der Waals surface area contributed by atoms with Crippen LogP contribution in [0.4, 0.5) is 0 Å². The molecule has 0 spiro atoms. The fraction of sp³-hybridized carbons (Fsp3) is 0.900. The molecule has 0 heterocycles. The maximum atomic E-state index is 10.8. The van der Waals surface area contributed by atoms with Crippen molar-refractivity contribution in [3.63, 3.8) is 0 Å². The van der Waals surface area contributed by atoms with E-state index in [1.54, 1.807) is 13.8 Å². The van der Waals surface area contributed by atoms with Gasteiger partial charge in [-0.15, -0.1) is 0 Å². The minimum Gasteiger partial charge on any atom is -0.481 e. The van der Waals surface area contributed by atoms with Gasteiger partial charge < -0.3 is 10.4 Å². The lowest BCUT2D eigenvalue weighted by molar-refractivity contribution is -0.146. The van der Waals surface area contributed by atoms with Gasteiger partial charge in [0.1, 0.15) is 0 Å². The number of carboxylic acids is 1. The Morgan fingerprint density at radius 3 is 2.62 bits per heavy atom. The molecule has 1 saturated carbocycles. The fourth-order valence-electron chi connectivity index (χ4n) is 1.41. The highest BCUT2D eigenvalue weighted by Gasteiger charge is 2.37. The van der Waals surface area contributed by atoms with Crippen molar-refractivity contribution < 1.29 is 9.90 Å². The van der Waals surface area contributed by atoms with Gasteiger partial charge >= 0.3 is 5.97 Å². The molecule has 1 aliphatic carbocycles. The first-order valence-electron chi connectivity index (χ1n) is 4.94. The van der Waals surface area contributed by atoms with Gasteiger partial charge in [-0.3, -0.25) is 4.79 Å². The van der Waals surface area contributed by atoms with E-state index in [0.29, 0.717) is 12.6 Å². The maximum Gasteiger partial charge on any atom is 0.310 e. The van der Waals surface area contributed by atoms with E-state index in [2.05, 4.69) is 12.2 Å². The quantitative estimate of drug-likeness (QED) is 0.682. The average Bonchev–Trinajstić information content (AvgIpc) is 2.79. The third-order valence-corrected chi connectivity index (χ3v) is 2.83. The molecule has 13 heavy (non-hydrogen) atoms. The SMILES string of the molecule is CCC1CC1NCC(C)(C)C(=O)O. The van der Waals surface area contributed by atoms with Gasteiger partial charge in [-0.2, -0.15) is 0 Å². The first-order chi connectivity index (χ1) is 5.97. The molecular formula is C10H19NO2. The minimum absolute atomic E-state index is 0.573. The number of hydrogen-bond acceptors (Lipinski definition) is 2. The predicted octanol–water partition coefficient (Wildman–Crippen LogP) is 1.49. The van der Waals surface area contributed by atoms with E-state index < -0.39 is 11.4 Å². The second kappa shape index (κ2) is 3.66. The topological polar surface area (TPSA) is 49.3 Å². The van der Waals surface area contributed by atoms with Gasteiger partial charge in [-0.05, 0) is 26.2 Å². The fourth-order valence-corrected chi connectivity index (χ4v) is 1.41. The third kappa shape index (κ3) is 2.69. The minimum atomic E-state index is -0.728. The van der Waals surface area contributed by atoms with Gasteiger partial charge in [-0.25, -0.2) is 0 Å². The molecule has 0 aromatic carbocycles. The predicted molar refractivity (Wildman–Crippen MR) is 51.6 cm³/mol. The molecule has 1 rings (SSSR count). The highest BCUT2D eigenvalue weighted by atomic mass is 16.4. The molecule has 0 radical (unpaired) electrons. The summed E-state index contributed by atoms with van der Waals surface area (Å²) in [6.45, 7) is 6.26. The summed E-state index contributed by atoms with van der Waals surface area (Å²) in [5.74, 6) is 0.0540. The molecule has 3 heteroatoms. The van der Waals surface area contributed by atoms with E-state index in [1.165, 1.54) is 12.8 Å².